The second-order valence-electron chi connectivity index (χ2n) is 4.59. The summed E-state index contributed by atoms with van der Waals surface area (Å²) in [4.78, 5) is 23.8. The molecule has 122 valence electrons. The van der Waals surface area contributed by atoms with Crippen LogP contribution >= 0.6 is 11.3 Å². The number of ether oxygens (including phenoxy) is 1. The van der Waals surface area contributed by atoms with E-state index in [1.54, 1.807) is 11.4 Å². The summed E-state index contributed by atoms with van der Waals surface area (Å²) < 4.78 is 44.5. The molecule has 10 heteroatoms. The fourth-order valence-electron chi connectivity index (χ4n) is 2.24. The van der Waals surface area contributed by atoms with Crippen molar-refractivity contribution in [2.45, 2.75) is 24.9 Å². The molecule has 1 saturated heterocycles. The molecule has 3 N–H and O–H groups in total. The van der Waals surface area contributed by atoms with Crippen molar-refractivity contribution in [2.24, 2.45) is 5.92 Å². The minimum absolute atomic E-state index is 0.158. The average molecular weight is 338 g/mol. The van der Waals surface area contributed by atoms with E-state index in [-0.39, 0.29) is 6.61 Å². The Kier molecular flexibility index (Phi) is 4.34. The van der Waals surface area contributed by atoms with Crippen molar-refractivity contribution in [1.29, 1.82) is 0 Å². The number of urea groups is 1. The first-order valence-corrected chi connectivity index (χ1v) is 7.16. The summed E-state index contributed by atoms with van der Waals surface area (Å²) in [5.74, 6) is -3.32. The Hall–Kier alpha value is -1.81. The third kappa shape index (κ3) is 2.75. The van der Waals surface area contributed by atoms with E-state index in [0.29, 0.717) is 4.88 Å². The lowest BCUT2D eigenvalue weighted by Crippen LogP contribution is -2.73. The summed E-state index contributed by atoms with van der Waals surface area (Å²) in [5.41, 5.74) is -3.71. The van der Waals surface area contributed by atoms with E-state index in [2.05, 4.69) is 10.1 Å². The largest absolute Gasteiger partial charge is 0.466 e. The van der Waals surface area contributed by atoms with Gasteiger partial charge in [-0.05, 0) is 18.4 Å². The van der Waals surface area contributed by atoms with Gasteiger partial charge in [-0.2, -0.15) is 13.2 Å². The Labute approximate surface area is 127 Å². The van der Waals surface area contributed by atoms with Crippen LogP contribution in [0.1, 0.15) is 17.8 Å². The zero-order valence-corrected chi connectivity index (χ0v) is 12.1. The quantitative estimate of drug-likeness (QED) is 0.730. The van der Waals surface area contributed by atoms with Gasteiger partial charge in [0.2, 0.25) is 0 Å². The molecule has 0 saturated carbocycles. The van der Waals surface area contributed by atoms with Gasteiger partial charge in [-0.25, -0.2) is 4.79 Å². The Morgan fingerprint density at radius 1 is 1.55 bits per heavy atom. The molecule has 2 heterocycles. The lowest BCUT2D eigenvalue weighted by Gasteiger charge is -2.43. The minimum atomic E-state index is -5.25. The maximum absolute atomic E-state index is 13.3. The van der Waals surface area contributed by atoms with E-state index in [1.807, 2.05) is 0 Å². The van der Waals surface area contributed by atoms with Gasteiger partial charge in [0.15, 0.2) is 0 Å². The summed E-state index contributed by atoms with van der Waals surface area (Å²) in [7, 11) is 0. The number of aliphatic hydroxyl groups is 1. The van der Waals surface area contributed by atoms with Crippen molar-refractivity contribution in [3.63, 3.8) is 0 Å². The second kappa shape index (κ2) is 5.76. The smallest absolute Gasteiger partial charge is 0.437 e. The van der Waals surface area contributed by atoms with E-state index < -0.39 is 35.9 Å². The van der Waals surface area contributed by atoms with E-state index in [4.69, 9.17) is 0 Å². The number of hydrogen-bond donors (Lipinski definition) is 3. The summed E-state index contributed by atoms with van der Waals surface area (Å²) in [6.45, 7) is 1.27. The molecular weight excluding hydrogens is 325 g/mol. The van der Waals surface area contributed by atoms with Crippen molar-refractivity contribution in [2.75, 3.05) is 6.61 Å². The third-order valence-corrected chi connectivity index (χ3v) is 4.15. The minimum Gasteiger partial charge on any atom is -0.466 e. The third-order valence-electron chi connectivity index (χ3n) is 3.20. The first kappa shape index (κ1) is 16.6. The van der Waals surface area contributed by atoms with Gasteiger partial charge in [-0.15, -0.1) is 11.3 Å². The van der Waals surface area contributed by atoms with Gasteiger partial charge in [-0.3, -0.25) is 4.79 Å². The van der Waals surface area contributed by atoms with Crippen LogP contribution in [0.15, 0.2) is 17.5 Å². The van der Waals surface area contributed by atoms with Crippen LogP contribution in [0.4, 0.5) is 18.0 Å². The molecule has 0 unspecified atom stereocenters. The standard InChI is InChI=1S/C12H13F3N2O4S/c1-2-21-9(18)7-8(6-4-3-5-22-6)16-10(19)17-11(7,20)12(13,14)15/h3-5,7-8,20H,2H2,1H3,(H2,16,17,19)/t7-,8+,11+/m0/s1. The predicted octanol–water partition coefficient (Wildman–Crippen LogP) is 1.53. The SMILES string of the molecule is CCOC(=O)[C@@H]1[C@@H](c2cccs2)NC(=O)N[C@]1(O)C(F)(F)F. The second-order valence-corrected chi connectivity index (χ2v) is 5.56. The van der Waals surface area contributed by atoms with Crippen molar-refractivity contribution in [3.8, 4) is 0 Å². The zero-order valence-electron chi connectivity index (χ0n) is 11.3. The highest BCUT2D eigenvalue weighted by atomic mass is 32.1. The van der Waals surface area contributed by atoms with Crippen molar-refractivity contribution in [1.82, 2.24) is 10.6 Å². The number of rotatable bonds is 3. The van der Waals surface area contributed by atoms with Crippen LogP contribution in [-0.2, 0) is 9.53 Å². The van der Waals surface area contributed by atoms with Gasteiger partial charge in [0, 0.05) is 4.88 Å². The number of nitrogens with one attached hydrogen (secondary N) is 2. The number of halogens is 3. The molecule has 2 amide bonds. The molecule has 1 aromatic rings. The molecule has 1 aliphatic rings. The maximum Gasteiger partial charge on any atom is 0.437 e. The maximum atomic E-state index is 13.3. The Morgan fingerprint density at radius 2 is 2.23 bits per heavy atom. The van der Waals surface area contributed by atoms with Gasteiger partial charge >= 0.3 is 18.2 Å². The number of esters is 1. The number of hydrogen-bond acceptors (Lipinski definition) is 5. The Morgan fingerprint density at radius 3 is 2.73 bits per heavy atom. The number of carbonyl (C=O) groups excluding carboxylic acids is 2. The van der Waals surface area contributed by atoms with Crippen LogP contribution in [0.3, 0.4) is 0 Å². The van der Waals surface area contributed by atoms with Crippen LogP contribution in [-0.4, -0.2) is 35.6 Å². The molecule has 1 aromatic heterocycles. The molecule has 1 aliphatic heterocycles. The monoisotopic (exact) mass is 338 g/mol. The molecular formula is C12H13F3N2O4S. The van der Waals surface area contributed by atoms with Gasteiger partial charge in [-0.1, -0.05) is 6.07 Å². The fourth-order valence-corrected chi connectivity index (χ4v) is 3.06. The van der Waals surface area contributed by atoms with E-state index in [0.717, 1.165) is 11.3 Å². The van der Waals surface area contributed by atoms with Crippen LogP contribution in [0.25, 0.3) is 0 Å². The molecule has 0 radical (unpaired) electrons. The molecule has 0 aromatic carbocycles. The van der Waals surface area contributed by atoms with Gasteiger partial charge in [0.05, 0.1) is 12.6 Å². The number of thiophene rings is 1. The first-order valence-electron chi connectivity index (χ1n) is 6.28. The number of alkyl halides is 3. The van der Waals surface area contributed by atoms with Gasteiger partial charge < -0.3 is 20.5 Å². The van der Waals surface area contributed by atoms with Crippen molar-refractivity contribution >= 4 is 23.3 Å². The summed E-state index contributed by atoms with van der Waals surface area (Å²) in [6, 6.07) is 0.450. The Balaban J connectivity index is 2.51. The lowest BCUT2D eigenvalue weighted by molar-refractivity contribution is -0.294. The average Bonchev–Trinajstić information content (AvgIpc) is 2.90. The van der Waals surface area contributed by atoms with Crippen LogP contribution < -0.4 is 10.6 Å². The van der Waals surface area contributed by atoms with E-state index in [1.165, 1.54) is 18.3 Å². The summed E-state index contributed by atoms with van der Waals surface area (Å²) >= 11 is 1.05. The van der Waals surface area contributed by atoms with E-state index >= 15 is 0 Å². The molecule has 0 spiro atoms. The van der Waals surface area contributed by atoms with Crippen LogP contribution in [0.5, 0.6) is 0 Å². The normalized spacial score (nSPS) is 28.7. The van der Waals surface area contributed by atoms with E-state index in [9.17, 15) is 27.9 Å². The number of amides is 2. The topological polar surface area (TPSA) is 87.7 Å². The molecule has 1 fully saturated rings. The molecule has 2 rings (SSSR count). The van der Waals surface area contributed by atoms with Crippen LogP contribution in [0.2, 0.25) is 0 Å². The van der Waals surface area contributed by atoms with Crippen molar-refractivity contribution in [3.05, 3.63) is 22.4 Å². The molecule has 6 nitrogen and oxygen atoms in total. The fraction of sp³-hybridized carbons (Fsp3) is 0.500. The van der Waals surface area contributed by atoms with Gasteiger partial charge in [0.1, 0.15) is 5.92 Å². The lowest BCUT2D eigenvalue weighted by atomic mass is 9.84. The summed E-state index contributed by atoms with van der Waals surface area (Å²) in [6.07, 6.45) is -5.25. The highest BCUT2D eigenvalue weighted by Crippen LogP contribution is 2.43. The Bertz CT molecular complexity index is 563. The molecule has 0 aliphatic carbocycles. The van der Waals surface area contributed by atoms with Crippen molar-refractivity contribution < 1.29 is 32.6 Å². The van der Waals surface area contributed by atoms with Gasteiger partial charge in [0.25, 0.3) is 5.72 Å². The predicted molar refractivity (Wildman–Crippen MR) is 69.9 cm³/mol. The summed E-state index contributed by atoms with van der Waals surface area (Å²) in [5, 5.41) is 15.2. The molecule has 0 bridgehead atoms. The highest BCUT2D eigenvalue weighted by molar-refractivity contribution is 7.10. The molecule has 3 atom stereocenters. The zero-order chi connectivity index (χ0) is 16.5. The molecule has 22 heavy (non-hydrogen) atoms. The first-order chi connectivity index (χ1) is 10.2. The highest BCUT2D eigenvalue weighted by Gasteiger charge is 2.67. The number of carbonyl (C=O) groups is 2. The van der Waals surface area contributed by atoms with Crippen LogP contribution in [0, 0.1) is 5.92 Å².